The van der Waals surface area contributed by atoms with Gasteiger partial charge in [-0.3, -0.25) is 18.9 Å². The molecule has 2 aliphatic rings. The van der Waals surface area contributed by atoms with Crippen molar-refractivity contribution in [2.24, 2.45) is 7.05 Å². The van der Waals surface area contributed by atoms with Gasteiger partial charge in [0.05, 0.1) is 17.2 Å². The Labute approximate surface area is 176 Å². The highest BCUT2D eigenvalue weighted by Gasteiger charge is 2.21. The second-order valence-corrected chi connectivity index (χ2v) is 8.62. The third kappa shape index (κ3) is 3.74. The van der Waals surface area contributed by atoms with E-state index in [4.69, 9.17) is 0 Å². The molecule has 5 rings (SSSR count). The molecular formula is C23H30N6O. The van der Waals surface area contributed by atoms with Crippen LogP contribution in [0.25, 0.3) is 10.9 Å². The first kappa shape index (κ1) is 19.3. The van der Waals surface area contributed by atoms with E-state index in [9.17, 15) is 4.79 Å². The smallest absolute Gasteiger partial charge is 0.261 e. The van der Waals surface area contributed by atoms with Gasteiger partial charge in [0.1, 0.15) is 0 Å². The molecule has 0 atom stereocenters. The number of hydrogen-bond acceptors (Lipinski definition) is 5. The van der Waals surface area contributed by atoms with Crippen LogP contribution >= 0.6 is 0 Å². The first-order valence-corrected chi connectivity index (χ1v) is 11.1. The molecule has 0 radical (unpaired) electrons. The van der Waals surface area contributed by atoms with E-state index in [1.807, 2.05) is 28.6 Å². The molecule has 0 N–H and O–H groups in total. The Morgan fingerprint density at radius 1 is 1.07 bits per heavy atom. The molecule has 0 unspecified atom stereocenters. The Balaban J connectivity index is 1.25. The Bertz CT molecular complexity index is 1070. The van der Waals surface area contributed by atoms with Crippen LogP contribution < -0.4 is 10.5 Å². The molecule has 1 saturated heterocycles. The molecule has 1 aliphatic heterocycles. The lowest BCUT2D eigenvalue weighted by molar-refractivity contribution is 0.259. The van der Waals surface area contributed by atoms with Crippen molar-refractivity contribution in [2.45, 2.75) is 38.1 Å². The maximum Gasteiger partial charge on any atom is 0.261 e. The number of benzene rings is 1. The van der Waals surface area contributed by atoms with Crippen molar-refractivity contribution in [3.05, 3.63) is 52.8 Å². The molecule has 1 saturated carbocycles. The van der Waals surface area contributed by atoms with Crippen LogP contribution in [0.4, 0.5) is 5.69 Å². The van der Waals surface area contributed by atoms with Crippen LogP contribution in [-0.2, 0) is 13.5 Å². The molecule has 0 spiro atoms. The van der Waals surface area contributed by atoms with Crippen LogP contribution in [0.2, 0.25) is 0 Å². The van der Waals surface area contributed by atoms with Gasteiger partial charge in [-0.15, -0.1) is 0 Å². The van der Waals surface area contributed by atoms with Gasteiger partial charge in [0.2, 0.25) is 0 Å². The average molecular weight is 407 g/mol. The Morgan fingerprint density at radius 2 is 1.87 bits per heavy atom. The van der Waals surface area contributed by atoms with Gasteiger partial charge in [-0.2, -0.15) is 5.10 Å². The predicted octanol–water partition coefficient (Wildman–Crippen LogP) is 2.61. The lowest BCUT2D eigenvalue weighted by atomic mass is 10.1. The molecule has 1 aromatic carbocycles. The zero-order valence-electron chi connectivity index (χ0n) is 17.7. The summed E-state index contributed by atoms with van der Waals surface area (Å²) in [5, 5.41) is 4.99. The lowest BCUT2D eigenvalue weighted by Crippen LogP contribution is -2.47. The predicted molar refractivity (Wildman–Crippen MR) is 119 cm³/mol. The van der Waals surface area contributed by atoms with Crippen molar-refractivity contribution in [1.82, 2.24) is 24.2 Å². The summed E-state index contributed by atoms with van der Waals surface area (Å²) in [5.74, 6) is 0. The topological polar surface area (TPSA) is 59.2 Å². The fraction of sp³-hybridized carbons (Fsp3) is 0.522. The standard InChI is InChI=1S/C23H30N6O/c1-26-18(8-10-25-26)9-11-27-12-14-28(15-13-27)20-6-7-21-22(16-20)24-17-29(23(21)30)19-4-2-3-5-19/h6-8,10,16-17,19H,2-5,9,11-15H2,1H3. The molecule has 30 heavy (non-hydrogen) atoms. The van der Waals surface area contributed by atoms with Crippen LogP contribution in [0.5, 0.6) is 0 Å². The van der Waals surface area contributed by atoms with Crippen LogP contribution in [0.1, 0.15) is 37.4 Å². The molecule has 7 heteroatoms. The fourth-order valence-corrected chi connectivity index (χ4v) is 4.91. The summed E-state index contributed by atoms with van der Waals surface area (Å²) in [5.41, 5.74) is 3.37. The molecule has 2 fully saturated rings. The van der Waals surface area contributed by atoms with Crippen molar-refractivity contribution >= 4 is 16.6 Å². The Kier molecular flexibility index (Phi) is 5.29. The summed E-state index contributed by atoms with van der Waals surface area (Å²) in [7, 11) is 2.00. The van der Waals surface area contributed by atoms with E-state index in [0.717, 1.165) is 62.9 Å². The van der Waals surface area contributed by atoms with E-state index in [1.54, 1.807) is 6.33 Å². The van der Waals surface area contributed by atoms with Gasteiger partial charge in [-0.1, -0.05) is 12.8 Å². The first-order chi connectivity index (χ1) is 14.7. The molecule has 0 bridgehead atoms. The maximum atomic E-state index is 12.9. The van der Waals surface area contributed by atoms with E-state index >= 15 is 0 Å². The highest BCUT2D eigenvalue weighted by atomic mass is 16.1. The van der Waals surface area contributed by atoms with Gasteiger partial charge < -0.3 is 4.90 Å². The average Bonchev–Trinajstić information content (AvgIpc) is 3.45. The van der Waals surface area contributed by atoms with Crippen LogP contribution in [0.3, 0.4) is 0 Å². The van der Waals surface area contributed by atoms with Gasteiger partial charge in [0.15, 0.2) is 0 Å². The van der Waals surface area contributed by atoms with Gasteiger partial charge in [0.25, 0.3) is 5.56 Å². The van der Waals surface area contributed by atoms with E-state index in [2.05, 4.69) is 38.1 Å². The summed E-state index contributed by atoms with van der Waals surface area (Å²) in [4.78, 5) is 22.5. The lowest BCUT2D eigenvalue weighted by Gasteiger charge is -2.36. The number of fused-ring (bicyclic) bond motifs is 1. The summed E-state index contributed by atoms with van der Waals surface area (Å²) in [6, 6.07) is 8.57. The van der Waals surface area contributed by atoms with Crippen molar-refractivity contribution in [1.29, 1.82) is 0 Å². The van der Waals surface area contributed by atoms with Crippen molar-refractivity contribution in [3.8, 4) is 0 Å². The molecule has 1 aliphatic carbocycles. The molecule has 3 heterocycles. The maximum absolute atomic E-state index is 12.9. The minimum atomic E-state index is 0.110. The van der Waals surface area contributed by atoms with Crippen LogP contribution in [0.15, 0.2) is 41.6 Å². The summed E-state index contributed by atoms with van der Waals surface area (Å²) in [6.45, 7) is 5.15. The fourth-order valence-electron chi connectivity index (χ4n) is 4.91. The number of anilines is 1. The van der Waals surface area contributed by atoms with Gasteiger partial charge in [-0.05, 0) is 37.1 Å². The van der Waals surface area contributed by atoms with Crippen molar-refractivity contribution < 1.29 is 0 Å². The number of aromatic nitrogens is 4. The summed E-state index contributed by atoms with van der Waals surface area (Å²) >= 11 is 0. The van der Waals surface area contributed by atoms with E-state index < -0.39 is 0 Å². The molecule has 0 amide bonds. The van der Waals surface area contributed by atoms with Gasteiger partial charge in [-0.25, -0.2) is 4.98 Å². The minimum absolute atomic E-state index is 0.110. The van der Waals surface area contributed by atoms with Crippen molar-refractivity contribution in [2.75, 3.05) is 37.6 Å². The summed E-state index contributed by atoms with van der Waals surface area (Å²) < 4.78 is 3.81. The largest absolute Gasteiger partial charge is 0.369 e. The number of aryl methyl sites for hydroxylation is 1. The number of hydrogen-bond donors (Lipinski definition) is 0. The number of piperazine rings is 1. The third-order valence-electron chi connectivity index (χ3n) is 6.83. The van der Waals surface area contributed by atoms with Crippen molar-refractivity contribution in [3.63, 3.8) is 0 Å². The molecule has 158 valence electrons. The Morgan fingerprint density at radius 3 is 2.60 bits per heavy atom. The summed E-state index contributed by atoms with van der Waals surface area (Å²) in [6.07, 6.45) is 9.27. The second-order valence-electron chi connectivity index (χ2n) is 8.62. The second kappa shape index (κ2) is 8.22. The minimum Gasteiger partial charge on any atom is -0.369 e. The van der Waals surface area contributed by atoms with Gasteiger partial charge >= 0.3 is 0 Å². The van der Waals surface area contributed by atoms with Crippen LogP contribution in [0, 0.1) is 0 Å². The normalized spacial score (nSPS) is 18.5. The van der Waals surface area contributed by atoms with E-state index in [0.29, 0.717) is 6.04 Å². The number of rotatable bonds is 5. The quantitative estimate of drug-likeness (QED) is 0.652. The van der Waals surface area contributed by atoms with E-state index in [-0.39, 0.29) is 5.56 Å². The molecular weight excluding hydrogens is 376 g/mol. The number of nitrogens with zero attached hydrogens (tertiary/aromatic N) is 6. The monoisotopic (exact) mass is 406 g/mol. The zero-order valence-corrected chi connectivity index (χ0v) is 17.7. The Hall–Kier alpha value is -2.67. The zero-order chi connectivity index (χ0) is 20.5. The van der Waals surface area contributed by atoms with Crippen LogP contribution in [-0.4, -0.2) is 57.0 Å². The first-order valence-electron chi connectivity index (χ1n) is 11.1. The highest BCUT2D eigenvalue weighted by Crippen LogP contribution is 2.28. The SMILES string of the molecule is Cn1nccc1CCN1CCN(c2ccc3c(=O)n(C4CCCC4)cnc3c2)CC1. The molecule has 2 aromatic heterocycles. The van der Waals surface area contributed by atoms with E-state index in [1.165, 1.54) is 24.2 Å². The third-order valence-corrected chi connectivity index (χ3v) is 6.83. The van der Waals surface area contributed by atoms with Gasteiger partial charge in [0, 0.05) is 69.8 Å². The highest BCUT2D eigenvalue weighted by molar-refractivity contribution is 5.81. The molecule has 3 aromatic rings. The molecule has 7 nitrogen and oxygen atoms in total.